The number of rotatable bonds is 4. The van der Waals surface area contributed by atoms with Crippen molar-refractivity contribution in [1.82, 2.24) is 5.32 Å². The highest BCUT2D eigenvalue weighted by atomic mass is 79.9. The fraction of sp³-hybridized carbons (Fsp3) is 0.533. The Morgan fingerprint density at radius 3 is 2.95 bits per heavy atom. The van der Waals surface area contributed by atoms with Gasteiger partial charge >= 0.3 is 0 Å². The number of hydrogen-bond acceptors (Lipinski definition) is 2. The largest absolute Gasteiger partial charge is 0.310 e. The Morgan fingerprint density at radius 2 is 2.26 bits per heavy atom. The summed E-state index contributed by atoms with van der Waals surface area (Å²) in [6.45, 7) is 5.89. The van der Waals surface area contributed by atoms with E-state index in [-0.39, 0.29) is 11.9 Å². The first-order chi connectivity index (χ1) is 9.13. The Labute approximate surface area is 123 Å². The van der Waals surface area contributed by atoms with Gasteiger partial charge in [0.15, 0.2) is 0 Å². The van der Waals surface area contributed by atoms with Crippen molar-refractivity contribution in [3.8, 4) is 0 Å². The molecule has 1 unspecified atom stereocenters. The summed E-state index contributed by atoms with van der Waals surface area (Å²) >= 11 is 3.57. The van der Waals surface area contributed by atoms with Gasteiger partial charge in [-0.05, 0) is 66.4 Å². The Bertz CT molecular complexity index is 461. The Kier molecular flexibility index (Phi) is 4.99. The maximum Gasteiger partial charge on any atom is 0.244 e. The second-order valence-corrected chi connectivity index (χ2v) is 5.95. The average molecular weight is 325 g/mol. The summed E-state index contributed by atoms with van der Waals surface area (Å²) in [4.78, 5) is 14.4. The van der Waals surface area contributed by atoms with Crippen LogP contribution in [0.25, 0.3) is 0 Å². The standard InChI is InChI=1S/C15H21BrN2O/c1-3-8-17-13-5-4-9-18(15(13)19)14-7-6-11(2)10-12(14)16/h6-7,10,13,17H,3-5,8-9H2,1-2H3. The van der Waals surface area contributed by atoms with Crippen LogP contribution in [0.1, 0.15) is 31.7 Å². The molecule has 1 fully saturated rings. The lowest BCUT2D eigenvalue weighted by atomic mass is 10.0. The lowest BCUT2D eigenvalue weighted by molar-refractivity contribution is -0.121. The van der Waals surface area contributed by atoms with Crippen LogP contribution in [0.4, 0.5) is 5.69 Å². The first-order valence-electron chi connectivity index (χ1n) is 6.94. The monoisotopic (exact) mass is 324 g/mol. The van der Waals surface area contributed by atoms with Gasteiger partial charge in [-0.15, -0.1) is 0 Å². The summed E-state index contributed by atoms with van der Waals surface area (Å²) in [5.41, 5.74) is 2.18. The molecule has 0 aromatic heterocycles. The summed E-state index contributed by atoms with van der Waals surface area (Å²) in [5, 5.41) is 3.35. The Balaban J connectivity index is 2.17. The van der Waals surface area contributed by atoms with Crippen molar-refractivity contribution in [3.05, 3.63) is 28.2 Å². The van der Waals surface area contributed by atoms with Crippen molar-refractivity contribution < 1.29 is 4.79 Å². The van der Waals surface area contributed by atoms with Crippen LogP contribution in [0.3, 0.4) is 0 Å². The molecule has 1 amide bonds. The number of amides is 1. The van der Waals surface area contributed by atoms with Crippen molar-refractivity contribution >= 4 is 27.5 Å². The van der Waals surface area contributed by atoms with Crippen LogP contribution in [-0.2, 0) is 4.79 Å². The van der Waals surface area contributed by atoms with Gasteiger partial charge in [0.1, 0.15) is 0 Å². The molecule has 4 heteroatoms. The van der Waals surface area contributed by atoms with Crippen molar-refractivity contribution in [3.63, 3.8) is 0 Å². The molecule has 1 aromatic carbocycles. The predicted octanol–water partition coefficient (Wildman–Crippen LogP) is 3.25. The number of hydrogen-bond donors (Lipinski definition) is 1. The molecule has 1 saturated heterocycles. The van der Waals surface area contributed by atoms with Crippen LogP contribution in [0.5, 0.6) is 0 Å². The highest BCUT2D eigenvalue weighted by molar-refractivity contribution is 9.10. The van der Waals surface area contributed by atoms with E-state index in [2.05, 4.69) is 47.2 Å². The second-order valence-electron chi connectivity index (χ2n) is 5.09. The van der Waals surface area contributed by atoms with E-state index >= 15 is 0 Å². The molecule has 1 N–H and O–H groups in total. The number of anilines is 1. The van der Waals surface area contributed by atoms with Crippen molar-refractivity contribution in [2.24, 2.45) is 0 Å². The Morgan fingerprint density at radius 1 is 1.47 bits per heavy atom. The molecular weight excluding hydrogens is 304 g/mol. The van der Waals surface area contributed by atoms with Gasteiger partial charge in [-0.25, -0.2) is 0 Å². The van der Waals surface area contributed by atoms with E-state index in [0.717, 1.165) is 42.5 Å². The molecule has 0 aliphatic carbocycles. The van der Waals surface area contributed by atoms with Gasteiger partial charge in [0.2, 0.25) is 5.91 Å². The van der Waals surface area contributed by atoms with E-state index in [9.17, 15) is 4.79 Å². The number of carbonyl (C=O) groups is 1. The highest BCUT2D eigenvalue weighted by Crippen LogP contribution is 2.30. The van der Waals surface area contributed by atoms with Gasteiger partial charge in [0, 0.05) is 11.0 Å². The lowest BCUT2D eigenvalue weighted by Gasteiger charge is -2.33. The second kappa shape index (κ2) is 6.53. The molecule has 1 heterocycles. The fourth-order valence-corrected chi connectivity index (χ4v) is 3.16. The van der Waals surface area contributed by atoms with E-state index in [1.54, 1.807) is 0 Å². The first kappa shape index (κ1) is 14.5. The highest BCUT2D eigenvalue weighted by Gasteiger charge is 2.29. The molecule has 19 heavy (non-hydrogen) atoms. The number of benzene rings is 1. The number of nitrogens with zero attached hydrogens (tertiary/aromatic N) is 1. The zero-order chi connectivity index (χ0) is 13.8. The van der Waals surface area contributed by atoms with E-state index < -0.39 is 0 Å². The molecule has 1 atom stereocenters. The molecule has 0 bridgehead atoms. The molecule has 0 radical (unpaired) electrons. The first-order valence-corrected chi connectivity index (χ1v) is 7.73. The molecule has 1 aliphatic heterocycles. The average Bonchev–Trinajstić information content (AvgIpc) is 2.38. The smallest absolute Gasteiger partial charge is 0.244 e. The molecule has 1 aliphatic rings. The van der Waals surface area contributed by atoms with E-state index in [1.807, 2.05) is 11.0 Å². The minimum atomic E-state index is -0.0260. The van der Waals surface area contributed by atoms with Crippen molar-refractivity contribution in [2.45, 2.75) is 39.2 Å². The van der Waals surface area contributed by atoms with Crippen LogP contribution in [0.15, 0.2) is 22.7 Å². The van der Waals surface area contributed by atoms with E-state index in [4.69, 9.17) is 0 Å². The summed E-state index contributed by atoms with van der Waals surface area (Å²) in [6, 6.07) is 6.11. The predicted molar refractivity (Wildman–Crippen MR) is 82.5 cm³/mol. The zero-order valence-electron chi connectivity index (χ0n) is 11.6. The molecular formula is C15H21BrN2O. The van der Waals surface area contributed by atoms with Crippen LogP contribution in [0.2, 0.25) is 0 Å². The molecule has 104 valence electrons. The third-order valence-electron chi connectivity index (χ3n) is 3.47. The maximum absolute atomic E-state index is 12.5. The van der Waals surface area contributed by atoms with Crippen LogP contribution < -0.4 is 10.2 Å². The molecule has 0 spiro atoms. The third kappa shape index (κ3) is 3.37. The number of halogens is 1. The quantitative estimate of drug-likeness (QED) is 0.922. The number of piperidine rings is 1. The van der Waals surface area contributed by atoms with Gasteiger partial charge in [-0.1, -0.05) is 13.0 Å². The molecule has 3 nitrogen and oxygen atoms in total. The lowest BCUT2D eigenvalue weighted by Crippen LogP contribution is -2.51. The van der Waals surface area contributed by atoms with Gasteiger partial charge in [0.25, 0.3) is 0 Å². The summed E-state index contributed by atoms with van der Waals surface area (Å²) in [7, 11) is 0. The van der Waals surface area contributed by atoms with Crippen molar-refractivity contribution in [2.75, 3.05) is 18.0 Å². The van der Waals surface area contributed by atoms with E-state index in [1.165, 1.54) is 5.56 Å². The van der Waals surface area contributed by atoms with E-state index in [0.29, 0.717) is 0 Å². The summed E-state index contributed by atoms with van der Waals surface area (Å²) in [5.74, 6) is 0.198. The number of aryl methyl sites for hydroxylation is 1. The topological polar surface area (TPSA) is 32.3 Å². The van der Waals surface area contributed by atoms with Crippen molar-refractivity contribution in [1.29, 1.82) is 0 Å². The molecule has 2 rings (SSSR count). The zero-order valence-corrected chi connectivity index (χ0v) is 13.2. The van der Waals surface area contributed by atoms with Gasteiger partial charge < -0.3 is 10.2 Å². The number of nitrogens with one attached hydrogen (secondary N) is 1. The third-order valence-corrected chi connectivity index (χ3v) is 4.11. The molecule has 1 aromatic rings. The fourth-order valence-electron chi connectivity index (χ4n) is 2.45. The minimum absolute atomic E-state index is 0.0260. The Hall–Kier alpha value is -0.870. The maximum atomic E-state index is 12.5. The van der Waals surface area contributed by atoms with Gasteiger partial charge in [0.05, 0.1) is 11.7 Å². The van der Waals surface area contributed by atoms with Crippen LogP contribution in [0, 0.1) is 6.92 Å². The summed E-state index contributed by atoms with van der Waals surface area (Å²) in [6.07, 6.45) is 3.05. The minimum Gasteiger partial charge on any atom is -0.310 e. The van der Waals surface area contributed by atoms with Gasteiger partial charge in [-0.2, -0.15) is 0 Å². The molecule has 0 saturated carbocycles. The van der Waals surface area contributed by atoms with Gasteiger partial charge in [-0.3, -0.25) is 4.79 Å². The van der Waals surface area contributed by atoms with Crippen LogP contribution in [-0.4, -0.2) is 25.0 Å². The van der Waals surface area contributed by atoms with Crippen LogP contribution >= 0.6 is 15.9 Å². The normalized spacial score (nSPS) is 19.8. The SMILES string of the molecule is CCCNC1CCCN(c2ccc(C)cc2Br)C1=O. The number of carbonyl (C=O) groups excluding carboxylic acids is 1. The summed E-state index contributed by atoms with van der Waals surface area (Å²) < 4.78 is 0.997.